The van der Waals surface area contributed by atoms with Crippen molar-refractivity contribution in [2.24, 2.45) is 0 Å². The number of benzene rings is 1. The number of nitrogens with zero attached hydrogens (tertiary/aromatic N) is 1. The Kier molecular flexibility index (Phi) is 8.86. The van der Waals surface area contributed by atoms with E-state index in [-0.39, 0.29) is 0 Å². The molecule has 5 heteroatoms. The highest BCUT2D eigenvalue weighted by molar-refractivity contribution is 9.11. The van der Waals surface area contributed by atoms with E-state index < -0.39 is 0 Å². The Labute approximate surface area is 145 Å². The van der Waals surface area contributed by atoms with Crippen LogP contribution < -0.4 is 10.1 Å². The van der Waals surface area contributed by atoms with E-state index in [1.165, 1.54) is 24.9 Å². The zero-order chi connectivity index (χ0) is 15.8. The van der Waals surface area contributed by atoms with E-state index in [9.17, 15) is 0 Å². The lowest BCUT2D eigenvalue weighted by atomic mass is 10.2. The van der Waals surface area contributed by atoms with Gasteiger partial charge in [-0.1, -0.05) is 0 Å². The summed E-state index contributed by atoms with van der Waals surface area (Å²) in [6.07, 6.45) is 2.44. The molecule has 3 nitrogen and oxygen atoms in total. The van der Waals surface area contributed by atoms with Crippen molar-refractivity contribution >= 4 is 31.9 Å². The minimum absolute atomic E-state index is 0.631. The topological polar surface area (TPSA) is 24.5 Å². The first-order chi connectivity index (χ1) is 9.95. The van der Waals surface area contributed by atoms with E-state index in [1.54, 1.807) is 7.11 Å². The van der Waals surface area contributed by atoms with E-state index in [2.05, 4.69) is 75.1 Å². The van der Waals surface area contributed by atoms with Gasteiger partial charge in [0.05, 0.1) is 16.1 Å². The fraction of sp³-hybridized carbons (Fsp3) is 0.625. The van der Waals surface area contributed by atoms with Gasteiger partial charge in [-0.3, -0.25) is 0 Å². The van der Waals surface area contributed by atoms with Gasteiger partial charge in [0.2, 0.25) is 0 Å². The lowest BCUT2D eigenvalue weighted by Crippen LogP contribution is -2.27. The van der Waals surface area contributed by atoms with Crippen LogP contribution in [0.4, 0.5) is 0 Å². The summed E-state index contributed by atoms with van der Waals surface area (Å²) in [6, 6.07) is 4.83. The zero-order valence-electron chi connectivity index (χ0n) is 13.4. The third kappa shape index (κ3) is 6.68. The second-order valence-corrected chi connectivity index (χ2v) is 7.26. The van der Waals surface area contributed by atoms with Gasteiger partial charge >= 0.3 is 0 Å². The van der Waals surface area contributed by atoms with E-state index >= 15 is 0 Å². The van der Waals surface area contributed by atoms with Crippen LogP contribution in [0.15, 0.2) is 21.1 Å². The molecule has 0 saturated carbocycles. The molecule has 0 atom stereocenters. The Morgan fingerprint density at radius 3 is 2.33 bits per heavy atom. The lowest BCUT2D eigenvalue weighted by molar-refractivity contribution is 0.268. The third-order valence-corrected chi connectivity index (χ3v) is 4.77. The molecule has 0 saturated heterocycles. The maximum absolute atomic E-state index is 5.31. The lowest BCUT2D eigenvalue weighted by Gasteiger charge is -2.20. The molecule has 1 aromatic carbocycles. The molecule has 0 aliphatic rings. The molecule has 0 amide bonds. The second-order valence-electron chi connectivity index (χ2n) is 5.55. The van der Waals surface area contributed by atoms with Crippen LogP contribution in [-0.2, 0) is 6.54 Å². The van der Waals surface area contributed by atoms with Crippen molar-refractivity contribution in [3.05, 3.63) is 26.6 Å². The fourth-order valence-electron chi connectivity index (χ4n) is 2.01. The second kappa shape index (κ2) is 9.82. The first kappa shape index (κ1) is 18.9. The minimum Gasteiger partial charge on any atom is -0.494 e. The van der Waals surface area contributed by atoms with Crippen molar-refractivity contribution in [2.75, 3.05) is 27.2 Å². The molecular formula is C16H26Br2N2O. The molecule has 0 aliphatic heterocycles. The molecule has 0 heterocycles. The summed E-state index contributed by atoms with van der Waals surface area (Å²) in [6.45, 7) is 7.56. The van der Waals surface area contributed by atoms with Crippen molar-refractivity contribution < 1.29 is 4.74 Å². The number of hydrogen-bond donors (Lipinski definition) is 1. The highest BCUT2D eigenvalue weighted by Crippen LogP contribution is 2.34. The van der Waals surface area contributed by atoms with Gasteiger partial charge in [-0.05, 0) is 96.4 Å². The largest absolute Gasteiger partial charge is 0.494 e. The van der Waals surface area contributed by atoms with Gasteiger partial charge in [-0.25, -0.2) is 0 Å². The summed E-state index contributed by atoms with van der Waals surface area (Å²) in [4.78, 5) is 2.39. The highest BCUT2D eigenvalue weighted by atomic mass is 79.9. The molecule has 0 spiro atoms. The summed E-state index contributed by atoms with van der Waals surface area (Å²) in [5, 5.41) is 3.50. The quantitative estimate of drug-likeness (QED) is 0.596. The number of methoxy groups -OCH3 is 1. The number of halogens is 2. The van der Waals surface area contributed by atoms with Crippen molar-refractivity contribution in [1.29, 1.82) is 0 Å². The summed E-state index contributed by atoms with van der Waals surface area (Å²) < 4.78 is 7.27. The van der Waals surface area contributed by atoms with Crippen molar-refractivity contribution in [3.63, 3.8) is 0 Å². The molecule has 21 heavy (non-hydrogen) atoms. The Hall–Kier alpha value is -0.100. The van der Waals surface area contributed by atoms with Crippen LogP contribution in [-0.4, -0.2) is 38.2 Å². The van der Waals surface area contributed by atoms with Crippen LogP contribution >= 0.6 is 31.9 Å². The van der Waals surface area contributed by atoms with Crippen LogP contribution in [0.25, 0.3) is 0 Å². The highest BCUT2D eigenvalue weighted by Gasteiger charge is 2.07. The van der Waals surface area contributed by atoms with Gasteiger partial charge in [-0.15, -0.1) is 0 Å². The van der Waals surface area contributed by atoms with Gasteiger partial charge in [0.15, 0.2) is 0 Å². The normalized spacial score (nSPS) is 11.4. The van der Waals surface area contributed by atoms with Gasteiger partial charge in [0, 0.05) is 12.6 Å². The zero-order valence-corrected chi connectivity index (χ0v) is 16.6. The molecule has 1 aromatic rings. The number of ether oxygens (including phenoxy) is 1. The van der Waals surface area contributed by atoms with Crippen molar-refractivity contribution in [1.82, 2.24) is 10.2 Å². The van der Waals surface area contributed by atoms with E-state index in [0.29, 0.717) is 6.04 Å². The van der Waals surface area contributed by atoms with Crippen LogP contribution in [0.2, 0.25) is 0 Å². The summed E-state index contributed by atoms with van der Waals surface area (Å²) in [5.74, 6) is 0.843. The number of nitrogens with one attached hydrogen (secondary N) is 1. The molecule has 1 N–H and O–H groups in total. The van der Waals surface area contributed by atoms with Gasteiger partial charge in [-0.2, -0.15) is 0 Å². The molecule has 120 valence electrons. The number of unbranched alkanes of at least 4 members (excludes halogenated alkanes) is 1. The molecular weight excluding hydrogens is 396 g/mol. The van der Waals surface area contributed by atoms with Crippen molar-refractivity contribution in [2.45, 2.75) is 39.3 Å². The third-order valence-electron chi connectivity index (χ3n) is 3.59. The van der Waals surface area contributed by atoms with E-state index in [4.69, 9.17) is 4.74 Å². The van der Waals surface area contributed by atoms with Crippen LogP contribution in [0.1, 0.15) is 32.3 Å². The van der Waals surface area contributed by atoms with Gasteiger partial charge in [0.1, 0.15) is 5.75 Å². The van der Waals surface area contributed by atoms with Crippen LogP contribution in [0.3, 0.4) is 0 Å². The Bertz CT molecular complexity index is 415. The van der Waals surface area contributed by atoms with Crippen molar-refractivity contribution in [3.8, 4) is 5.75 Å². The number of hydrogen-bond acceptors (Lipinski definition) is 3. The number of rotatable bonds is 9. The molecule has 0 radical (unpaired) electrons. The Morgan fingerprint density at radius 1 is 1.19 bits per heavy atom. The summed E-state index contributed by atoms with van der Waals surface area (Å²) in [7, 11) is 3.86. The Balaban J connectivity index is 2.27. The first-order valence-electron chi connectivity index (χ1n) is 7.38. The summed E-state index contributed by atoms with van der Waals surface area (Å²) >= 11 is 7.07. The first-order valence-corrected chi connectivity index (χ1v) is 8.97. The van der Waals surface area contributed by atoms with E-state index in [0.717, 1.165) is 27.8 Å². The minimum atomic E-state index is 0.631. The predicted octanol–water partition coefficient (Wildman–Crippen LogP) is 4.43. The van der Waals surface area contributed by atoms with Gasteiger partial charge < -0.3 is 15.0 Å². The standard InChI is InChI=1S/C16H26Br2N2O/c1-12(2)20(3)8-6-5-7-19-11-13-9-14(17)16(21-4)15(18)10-13/h9-10,12,19H,5-8,11H2,1-4H3. The molecule has 0 aliphatic carbocycles. The maximum Gasteiger partial charge on any atom is 0.147 e. The molecule has 0 aromatic heterocycles. The monoisotopic (exact) mass is 420 g/mol. The Morgan fingerprint density at radius 2 is 1.81 bits per heavy atom. The molecule has 1 rings (SSSR count). The SMILES string of the molecule is COc1c(Br)cc(CNCCCCN(C)C(C)C)cc1Br. The van der Waals surface area contributed by atoms with Crippen LogP contribution in [0.5, 0.6) is 5.75 Å². The summed E-state index contributed by atoms with van der Waals surface area (Å²) in [5.41, 5.74) is 1.24. The predicted molar refractivity (Wildman–Crippen MR) is 97.1 cm³/mol. The molecule has 0 unspecified atom stereocenters. The average Bonchev–Trinajstić information content (AvgIpc) is 2.42. The smallest absolute Gasteiger partial charge is 0.147 e. The van der Waals surface area contributed by atoms with E-state index in [1.807, 2.05) is 0 Å². The fourth-order valence-corrected chi connectivity index (χ4v) is 3.62. The van der Waals surface area contributed by atoms with Gasteiger partial charge in [0.25, 0.3) is 0 Å². The average molecular weight is 422 g/mol. The molecule has 0 fully saturated rings. The van der Waals surface area contributed by atoms with Crippen LogP contribution in [0, 0.1) is 0 Å². The maximum atomic E-state index is 5.31. The molecule has 0 bridgehead atoms.